The van der Waals surface area contributed by atoms with Gasteiger partial charge in [0.15, 0.2) is 0 Å². The zero-order valence-corrected chi connectivity index (χ0v) is 12.1. The van der Waals surface area contributed by atoms with E-state index in [2.05, 4.69) is 10.0 Å². The molecule has 1 aliphatic carbocycles. The van der Waals surface area contributed by atoms with Crippen LogP contribution in [0.15, 0.2) is 29.2 Å². The van der Waals surface area contributed by atoms with Crippen LogP contribution in [0.4, 0.5) is 5.69 Å². The molecular formula is C13H19N3O3S. The van der Waals surface area contributed by atoms with Crippen molar-refractivity contribution in [2.75, 3.05) is 19.0 Å². The number of fused-ring (bicyclic) bond motifs is 1. The summed E-state index contributed by atoms with van der Waals surface area (Å²) in [6, 6.07) is 6.80. The van der Waals surface area contributed by atoms with E-state index >= 15 is 0 Å². The molecule has 7 heteroatoms. The number of para-hydroxylation sites is 1. The van der Waals surface area contributed by atoms with Gasteiger partial charge in [0.25, 0.3) is 0 Å². The molecule has 110 valence electrons. The lowest BCUT2D eigenvalue weighted by atomic mass is 9.72. The maximum Gasteiger partial charge on any atom is 0.242 e. The van der Waals surface area contributed by atoms with Gasteiger partial charge >= 0.3 is 0 Å². The summed E-state index contributed by atoms with van der Waals surface area (Å²) in [5, 5.41) is 3.24. The van der Waals surface area contributed by atoms with Crippen molar-refractivity contribution in [3.8, 4) is 0 Å². The first kappa shape index (κ1) is 13.8. The van der Waals surface area contributed by atoms with Crippen molar-refractivity contribution in [2.45, 2.75) is 29.5 Å². The third-order valence-electron chi connectivity index (χ3n) is 4.21. The van der Waals surface area contributed by atoms with E-state index in [0.29, 0.717) is 11.6 Å². The minimum Gasteiger partial charge on any atom is -0.377 e. The minimum absolute atomic E-state index is 0.00726. The van der Waals surface area contributed by atoms with Crippen LogP contribution in [0.2, 0.25) is 0 Å². The molecule has 0 amide bonds. The van der Waals surface area contributed by atoms with E-state index in [9.17, 15) is 8.42 Å². The SMILES string of the molecule is CNS(=O)(=O)c1ccccc1NC1C(N)C2CCOC21. The lowest BCUT2D eigenvalue weighted by Crippen LogP contribution is -2.65. The maximum absolute atomic E-state index is 12.0. The highest BCUT2D eigenvalue weighted by molar-refractivity contribution is 7.89. The van der Waals surface area contributed by atoms with Gasteiger partial charge in [0.05, 0.1) is 17.8 Å². The molecule has 4 atom stereocenters. The van der Waals surface area contributed by atoms with E-state index in [1.807, 2.05) is 0 Å². The van der Waals surface area contributed by atoms with Crippen molar-refractivity contribution in [3.05, 3.63) is 24.3 Å². The number of nitrogens with two attached hydrogens (primary N) is 1. The standard InChI is InChI=1S/C13H19N3O3S/c1-15-20(17,18)10-5-3-2-4-9(10)16-12-11(14)8-6-7-19-13(8)12/h2-5,8,11-13,15-16H,6-7,14H2,1H3. The topological polar surface area (TPSA) is 93.5 Å². The zero-order chi connectivity index (χ0) is 14.3. The molecule has 0 aromatic heterocycles. The predicted molar refractivity (Wildman–Crippen MR) is 75.9 cm³/mol. The molecule has 1 aliphatic heterocycles. The van der Waals surface area contributed by atoms with Crippen molar-refractivity contribution in [1.29, 1.82) is 0 Å². The van der Waals surface area contributed by atoms with E-state index in [-0.39, 0.29) is 23.1 Å². The monoisotopic (exact) mass is 297 g/mol. The second-order valence-corrected chi connectivity index (χ2v) is 7.09. The molecule has 0 radical (unpaired) electrons. The van der Waals surface area contributed by atoms with Crippen molar-refractivity contribution < 1.29 is 13.2 Å². The van der Waals surface area contributed by atoms with Gasteiger partial charge < -0.3 is 15.8 Å². The molecule has 1 saturated heterocycles. The highest BCUT2D eigenvalue weighted by atomic mass is 32.2. The van der Waals surface area contributed by atoms with Crippen molar-refractivity contribution in [1.82, 2.24) is 4.72 Å². The summed E-state index contributed by atoms with van der Waals surface area (Å²) in [4.78, 5) is 0.233. The van der Waals surface area contributed by atoms with Crippen LogP contribution < -0.4 is 15.8 Å². The predicted octanol–water partition coefficient (Wildman–Crippen LogP) is 0.121. The van der Waals surface area contributed by atoms with Gasteiger partial charge in [-0.1, -0.05) is 12.1 Å². The van der Waals surface area contributed by atoms with Crippen LogP contribution in [0.3, 0.4) is 0 Å². The van der Waals surface area contributed by atoms with E-state index in [4.69, 9.17) is 10.5 Å². The molecule has 4 N–H and O–H groups in total. The molecule has 0 bridgehead atoms. The van der Waals surface area contributed by atoms with Gasteiger partial charge in [0, 0.05) is 18.6 Å². The van der Waals surface area contributed by atoms with Gasteiger partial charge in [-0.2, -0.15) is 0 Å². The summed E-state index contributed by atoms with van der Waals surface area (Å²) in [6.07, 6.45) is 1.08. The molecular weight excluding hydrogens is 278 g/mol. The van der Waals surface area contributed by atoms with E-state index in [1.54, 1.807) is 24.3 Å². The Morgan fingerprint density at radius 1 is 1.35 bits per heavy atom. The Morgan fingerprint density at radius 2 is 2.10 bits per heavy atom. The first-order valence-electron chi connectivity index (χ1n) is 6.71. The number of hydrogen-bond acceptors (Lipinski definition) is 5. The van der Waals surface area contributed by atoms with Gasteiger partial charge in [-0.05, 0) is 25.6 Å². The first-order valence-corrected chi connectivity index (χ1v) is 8.19. The minimum atomic E-state index is -3.49. The highest BCUT2D eigenvalue weighted by Crippen LogP contribution is 2.40. The number of anilines is 1. The Kier molecular flexibility index (Phi) is 3.45. The van der Waals surface area contributed by atoms with Gasteiger partial charge in [-0.15, -0.1) is 0 Å². The van der Waals surface area contributed by atoms with Gasteiger partial charge in [-0.3, -0.25) is 0 Å². The molecule has 6 nitrogen and oxygen atoms in total. The van der Waals surface area contributed by atoms with Crippen LogP contribution in [-0.4, -0.2) is 40.3 Å². The number of sulfonamides is 1. The van der Waals surface area contributed by atoms with Crippen LogP contribution >= 0.6 is 0 Å². The fraction of sp³-hybridized carbons (Fsp3) is 0.538. The molecule has 4 unspecified atom stereocenters. The first-order chi connectivity index (χ1) is 9.54. The van der Waals surface area contributed by atoms with Crippen LogP contribution in [0.25, 0.3) is 0 Å². The second kappa shape index (κ2) is 5.00. The lowest BCUT2D eigenvalue weighted by molar-refractivity contribution is 0.00529. The molecule has 0 spiro atoms. The van der Waals surface area contributed by atoms with Crippen molar-refractivity contribution in [2.24, 2.45) is 11.7 Å². The highest BCUT2D eigenvalue weighted by Gasteiger charge is 2.52. The van der Waals surface area contributed by atoms with Gasteiger partial charge in [0.1, 0.15) is 4.90 Å². The van der Waals surface area contributed by atoms with Crippen LogP contribution in [0.5, 0.6) is 0 Å². The summed E-state index contributed by atoms with van der Waals surface area (Å²) < 4.78 is 32.0. The number of rotatable bonds is 4. The van der Waals surface area contributed by atoms with E-state index in [1.165, 1.54) is 7.05 Å². The van der Waals surface area contributed by atoms with Gasteiger partial charge in [-0.25, -0.2) is 13.1 Å². The average Bonchev–Trinajstić information content (AvgIpc) is 2.90. The molecule has 1 saturated carbocycles. The van der Waals surface area contributed by atoms with Crippen LogP contribution in [0, 0.1) is 5.92 Å². The quantitative estimate of drug-likeness (QED) is 0.734. The van der Waals surface area contributed by atoms with Crippen LogP contribution in [-0.2, 0) is 14.8 Å². The molecule has 1 aromatic rings. The number of nitrogens with one attached hydrogen (secondary N) is 2. The molecule has 20 heavy (non-hydrogen) atoms. The summed E-state index contributed by atoms with van der Waals surface area (Å²) in [7, 11) is -2.09. The Labute approximate surface area is 118 Å². The smallest absolute Gasteiger partial charge is 0.242 e. The lowest BCUT2D eigenvalue weighted by Gasteiger charge is -2.46. The third-order valence-corrected chi connectivity index (χ3v) is 5.69. The fourth-order valence-corrected chi connectivity index (χ4v) is 3.93. The summed E-state index contributed by atoms with van der Waals surface area (Å²) in [5.74, 6) is 0.389. The largest absolute Gasteiger partial charge is 0.377 e. The number of ether oxygens (including phenoxy) is 1. The molecule has 3 rings (SSSR count). The van der Waals surface area contributed by atoms with Gasteiger partial charge in [0.2, 0.25) is 10.0 Å². The molecule has 2 fully saturated rings. The van der Waals surface area contributed by atoms with Crippen LogP contribution in [0.1, 0.15) is 6.42 Å². The Hall–Kier alpha value is -1.15. The summed E-state index contributed by atoms with van der Waals surface area (Å²) >= 11 is 0. The van der Waals surface area contributed by atoms with Crippen molar-refractivity contribution >= 4 is 15.7 Å². The second-order valence-electron chi connectivity index (χ2n) is 5.24. The third kappa shape index (κ3) is 2.10. The summed E-state index contributed by atoms with van der Waals surface area (Å²) in [5.41, 5.74) is 6.71. The normalized spacial score (nSPS) is 32.5. The number of hydrogen-bond donors (Lipinski definition) is 3. The van der Waals surface area contributed by atoms with E-state index < -0.39 is 10.0 Å². The zero-order valence-electron chi connectivity index (χ0n) is 11.2. The fourth-order valence-electron chi connectivity index (χ4n) is 3.04. The van der Waals surface area contributed by atoms with Crippen molar-refractivity contribution in [3.63, 3.8) is 0 Å². The number of benzene rings is 1. The Bertz CT molecular complexity index is 605. The maximum atomic E-state index is 12.0. The molecule has 2 aliphatic rings. The Morgan fingerprint density at radius 3 is 2.85 bits per heavy atom. The summed E-state index contributed by atoms with van der Waals surface area (Å²) in [6.45, 7) is 0.734. The molecule has 1 aromatic carbocycles. The molecule has 1 heterocycles. The average molecular weight is 297 g/mol. The van der Waals surface area contributed by atoms with E-state index in [0.717, 1.165) is 13.0 Å². The Balaban J connectivity index is 1.85.